The third-order valence-corrected chi connectivity index (χ3v) is 3.06. The summed E-state index contributed by atoms with van der Waals surface area (Å²) in [5.41, 5.74) is 5.26. The molecule has 2 aromatic heterocycles. The first-order valence-corrected chi connectivity index (χ1v) is 6.13. The Morgan fingerprint density at radius 1 is 0.842 bits per heavy atom. The van der Waals surface area contributed by atoms with Crippen molar-refractivity contribution >= 4 is 0 Å². The largest absolute Gasteiger partial charge is 0.256 e. The Labute approximate surface area is 112 Å². The predicted molar refractivity (Wildman–Crippen MR) is 75.4 cm³/mol. The van der Waals surface area contributed by atoms with E-state index < -0.39 is 0 Å². The Morgan fingerprint density at radius 3 is 2.42 bits per heavy atom. The molecule has 3 rings (SSSR count). The molecule has 0 radical (unpaired) electrons. The molecule has 0 aliphatic heterocycles. The maximum absolute atomic E-state index is 4.53. The fourth-order valence-corrected chi connectivity index (χ4v) is 2.03. The van der Waals surface area contributed by atoms with Crippen molar-refractivity contribution in [3.63, 3.8) is 0 Å². The molecule has 0 aliphatic rings. The van der Waals surface area contributed by atoms with Crippen molar-refractivity contribution in [1.29, 1.82) is 0 Å². The number of aryl methyl sites for hydroxylation is 1. The molecule has 2 heterocycles. The SMILES string of the molecule is Cc1ccccc1-c1ccc(-c2ccncn2)cn1. The van der Waals surface area contributed by atoms with Crippen LogP contribution < -0.4 is 0 Å². The molecule has 0 amide bonds. The number of hydrogen-bond donors (Lipinski definition) is 0. The summed E-state index contributed by atoms with van der Waals surface area (Å²) in [4.78, 5) is 12.7. The highest BCUT2D eigenvalue weighted by atomic mass is 14.8. The molecule has 3 nitrogen and oxygen atoms in total. The van der Waals surface area contributed by atoms with Crippen molar-refractivity contribution in [2.75, 3.05) is 0 Å². The standard InChI is InChI=1S/C16H13N3/c1-12-4-2-3-5-14(12)16-7-6-13(10-18-16)15-8-9-17-11-19-15/h2-11H,1H3. The topological polar surface area (TPSA) is 38.7 Å². The molecule has 0 saturated carbocycles. The van der Waals surface area contributed by atoms with E-state index >= 15 is 0 Å². The minimum absolute atomic E-state index is 0.888. The van der Waals surface area contributed by atoms with Crippen LogP contribution in [0.25, 0.3) is 22.5 Å². The molecule has 0 spiro atoms. The summed E-state index contributed by atoms with van der Waals surface area (Å²) in [6.45, 7) is 2.09. The first kappa shape index (κ1) is 11.5. The van der Waals surface area contributed by atoms with Gasteiger partial charge in [0.1, 0.15) is 6.33 Å². The summed E-state index contributed by atoms with van der Waals surface area (Å²) in [7, 11) is 0. The van der Waals surface area contributed by atoms with Gasteiger partial charge in [0.25, 0.3) is 0 Å². The van der Waals surface area contributed by atoms with Crippen LogP contribution in [0.5, 0.6) is 0 Å². The lowest BCUT2D eigenvalue weighted by Crippen LogP contribution is -1.89. The quantitative estimate of drug-likeness (QED) is 0.695. The molecule has 3 aromatic rings. The average Bonchev–Trinajstić information content (AvgIpc) is 2.49. The Kier molecular flexibility index (Phi) is 3.02. The van der Waals surface area contributed by atoms with E-state index in [1.165, 1.54) is 5.56 Å². The minimum atomic E-state index is 0.888. The number of nitrogens with zero attached hydrogens (tertiary/aromatic N) is 3. The second kappa shape index (κ2) is 4.98. The second-order valence-electron chi connectivity index (χ2n) is 4.34. The van der Waals surface area contributed by atoms with Crippen LogP contribution in [0, 0.1) is 6.92 Å². The van der Waals surface area contributed by atoms with Crippen LogP contribution in [0.3, 0.4) is 0 Å². The van der Waals surface area contributed by atoms with Crippen molar-refractivity contribution in [2.24, 2.45) is 0 Å². The highest BCUT2D eigenvalue weighted by molar-refractivity contribution is 5.66. The van der Waals surface area contributed by atoms with Crippen LogP contribution >= 0.6 is 0 Å². The lowest BCUT2D eigenvalue weighted by molar-refractivity contribution is 1.17. The van der Waals surface area contributed by atoms with E-state index in [4.69, 9.17) is 0 Å². The van der Waals surface area contributed by atoms with E-state index in [1.807, 2.05) is 36.5 Å². The number of rotatable bonds is 2. The van der Waals surface area contributed by atoms with E-state index in [9.17, 15) is 0 Å². The fraction of sp³-hybridized carbons (Fsp3) is 0.0625. The maximum Gasteiger partial charge on any atom is 0.116 e. The molecule has 0 atom stereocenters. The molecular formula is C16H13N3. The summed E-state index contributed by atoms with van der Waals surface area (Å²) in [6, 6.07) is 14.2. The van der Waals surface area contributed by atoms with Gasteiger partial charge in [-0.3, -0.25) is 4.98 Å². The molecule has 0 saturated heterocycles. The van der Waals surface area contributed by atoms with E-state index in [2.05, 4.69) is 34.0 Å². The van der Waals surface area contributed by atoms with Gasteiger partial charge in [0.05, 0.1) is 11.4 Å². The number of hydrogen-bond acceptors (Lipinski definition) is 3. The van der Waals surface area contributed by atoms with Crippen LogP contribution in [0.15, 0.2) is 61.2 Å². The van der Waals surface area contributed by atoms with Crippen molar-refractivity contribution in [1.82, 2.24) is 15.0 Å². The van der Waals surface area contributed by atoms with E-state index in [-0.39, 0.29) is 0 Å². The molecule has 0 N–H and O–H groups in total. The Bertz CT molecular complexity index is 676. The highest BCUT2D eigenvalue weighted by Gasteiger charge is 2.04. The Morgan fingerprint density at radius 2 is 1.74 bits per heavy atom. The molecule has 3 heteroatoms. The molecule has 0 unspecified atom stereocenters. The number of aromatic nitrogens is 3. The van der Waals surface area contributed by atoms with Crippen LogP contribution in [0.1, 0.15) is 5.56 Å². The zero-order valence-electron chi connectivity index (χ0n) is 10.6. The first-order valence-electron chi connectivity index (χ1n) is 6.13. The summed E-state index contributed by atoms with van der Waals surface area (Å²) >= 11 is 0. The summed E-state index contributed by atoms with van der Waals surface area (Å²) in [6.07, 6.45) is 5.13. The van der Waals surface area contributed by atoms with Crippen molar-refractivity contribution in [3.8, 4) is 22.5 Å². The summed E-state index contributed by atoms with van der Waals surface area (Å²) in [5, 5.41) is 0. The number of benzene rings is 1. The lowest BCUT2D eigenvalue weighted by Gasteiger charge is -2.05. The highest BCUT2D eigenvalue weighted by Crippen LogP contribution is 2.23. The third-order valence-electron chi connectivity index (χ3n) is 3.06. The van der Waals surface area contributed by atoms with Gasteiger partial charge in [-0.2, -0.15) is 0 Å². The van der Waals surface area contributed by atoms with Crippen LogP contribution in [-0.4, -0.2) is 15.0 Å². The molecule has 19 heavy (non-hydrogen) atoms. The summed E-state index contributed by atoms with van der Waals surface area (Å²) in [5.74, 6) is 0. The minimum Gasteiger partial charge on any atom is -0.256 e. The lowest BCUT2D eigenvalue weighted by atomic mass is 10.0. The maximum atomic E-state index is 4.53. The zero-order chi connectivity index (χ0) is 13.1. The van der Waals surface area contributed by atoms with Crippen molar-refractivity contribution in [3.05, 3.63) is 66.7 Å². The molecule has 0 fully saturated rings. The van der Waals surface area contributed by atoms with Gasteiger partial charge in [-0.05, 0) is 30.7 Å². The monoisotopic (exact) mass is 247 g/mol. The molecule has 0 bridgehead atoms. The van der Waals surface area contributed by atoms with Gasteiger partial charge in [-0.25, -0.2) is 9.97 Å². The second-order valence-corrected chi connectivity index (χ2v) is 4.34. The van der Waals surface area contributed by atoms with Crippen LogP contribution in [0.2, 0.25) is 0 Å². The summed E-state index contributed by atoms with van der Waals surface area (Å²) < 4.78 is 0. The molecular weight excluding hydrogens is 234 g/mol. The Balaban J connectivity index is 1.98. The van der Waals surface area contributed by atoms with Gasteiger partial charge >= 0.3 is 0 Å². The van der Waals surface area contributed by atoms with E-state index in [1.54, 1.807) is 12.5 Å². The smallest absolute Gasteiger partial charge is 0.116 e. The van der Waals surface area contributed by atoms with Gasteiger partial charge < -0.3 is 0 Å². The van der Waals surface area contributed by atoms with Gasteiger partial charge in [-0.1, -0.05) is 24.3 Å². The molecule has 0 aliphatic carbocycles. The average molecular weight is 247 g/mol. The van der Waals surface area contributed by atoms with E-state index in [0.29, 0.717) is 0 Å². The van der Waals surface area contributed by atoms with Crippen LogP contribution in [0.4, 0.5) is 0 Å². The van der Waals surface area contributed by atoms with Gasteiger partial charge in [0.2, 0.25) is 0 Å². The van der Waals surface area contributed by atoms with Crippen molar-refractivity contribution < 1.29 is 0 Å². The number of pyridine rings is 1. The fourth-order valence-electron chi connectivity index (χ4n) is 2.03. The Hall–Kier alpha value is -2.55. The third kappa shape index (κ3) is 2.36. The molecule has 1 aromatic carbocycles. The van der Waals surface area contributed by atoms with Gasteiger partial charge in [0, 0.05) is 23.5 Å². The first-order chi connectivity index (χ1) is 9.34. The predicted octanol–water partition coefficient (Wildman–Crippen LogP) is 3.51. The van der Waals surface area contributed by atoms with Crippen molar-refractivity contribution in [2.45, 2.75) is 6.92 Å². The normalized spacial score (nSPS) is 10.4. The van der Waals surface area contributed by atoms with Crippen LogP contribution in [-0.2, 0) is 0 Å². The zero-order valence-corrected chi connectivity index (χ0v) is 10.6. The molecule has 92 valence electrons. The van der Waals surface area contributed by atoms with E-state index in [0.717, 1.165) is 22.5 Å². The van der Waals surface area contributed by atoms with Gasteiger partial charge in [0.15, 0.2) is 0 Å². The van der Waals surface area contributed by atoms with Gasteiger partial charge in [-0.15, -0.1) is 0 Å².